The van der Waals surface area contributed by atoms with Gasteiger partial charge in [-0.3, -0.25) is 0 Å². The largest absolute Gasteiger partial charge is 0.506 e. The van der Waals surface area contributed by atoms with Crippen LogP contribution in [0.5, 0.6) is 5.75 Å². The molecule has 4 nitrogen and oxygen atoms in total. The minimum Gasteiger partial charge on any atom is -0.506 e. The molecule has 0 fully saturated rings. The lowest BCUT2D eigenvalue weighted by atomic mass is 10.1. The number of carbonyl (C=O) groups excluding carboxylic acids is 1. The average Bonchev–Trinajstić information content (AvgIpc) is 2.47. The Hall–Kier alpha value is -2.33. The molecule has 2 aromatic heterocycles. The molecule has 0 bridgehead atoms. The van der Waals surface area contributed by atoms with Crippen LogP contribution in [0.3, 0.4) is 0 Å². The summed E-state index contributed by atoms with van der Waals surface area (Å²) in [4.78, 5) is 12.2. The third kappa shape index (κ3) is 2.08. The Bertz CT molecular complexity index is 861. The predicted octanol–water partition coefficient (Wildman–Crippen LogP) is 3.11. The molecule has 0 aliphatic carbocycles. The number of halogens is 1. The minimum atomic E-state index is -0.569. The molecule has 5 heteroatoms. The van der Waals surface area contributed by atoms with E-state index in [1.807, 2.05) is 22.7 Å². The van der Waals surface area contributed by atoms with Gasteiger partial charge in [0.25, 0.3) is 0 Å². The van der Waals surface area contributed by atoms with E-state index in [1.54, 1.807) is 31.2 Å². The number of pyridine rings is 2. The zero-order chi connectivity index (χ0) is 15.0. The van der Waals surface area contributed by atoms with E-state index >= 15 is 0 Å². The van der Waals surface area contributed by atoms with Gasteiger partial charge in [0.1, 0.15) is 5.39 Å². The van der Waals surface area contributed by atoms with Crippen LogP contribution < -0.4 is 4.40 Å². The molecule has 0 aliphatic rings. The fraction of sp³-hybridized carbons (Fsp3) is 0.125. The highest BCUT2D eigenvalue weighted by molar-refractivity contribution is 6.36. The second kappa shape index (κ2) is 5.22. The summed E-state index contributed by atoms with van der Waals surface area (Å²) in [6, 6.07) is 10.7. The van der Waals surface area contributed by atoms with Crippen LogP contribution in [-0.2, 0) is 4.74 Å². The van der Waals surface area contributed by atoms with Crippen molar-refractivity contribution in [1.29, 1.82) is 0 Å². The monoisotopic (exact) mass is 302 g/mol. The molecule has 0 radical (unpaired) electrons. The lowest BCUT2D eigenvalue weighted by molar-refractivity contribution is -0.481. The molecule has 0 saturated heterocycles. The highest BCUT2D eigenvalue weighted by atomic mass is 35.5. The average molecular weight is 303 g/mol. The summed E-state index contributed by atoms with van der Waals surface area (Å²) in [7, 11) is 0. The molecule has 1 N–H and O–H groups in total. The Morgan fingerprint density at radius 1 is 1.24 bits per heavy atom. The first-order chi connectivity index (χ1) is 10.1. The number of aromatic nitrogens is 1. The molecule has 0 aliphatic heterocycles. The van der Waals surface area contributed by atoms with Crippen LogP contribution in [0.1, 0.15) is 17.3 Å². The smallest absolute Gasteiger partial charge is 0.348 e. The van der Waals surface area contributed by atoms with Crippen molar-refractivity contribution >= 4 is 34.0 Å². The Labute approximate surface area is 126 Å². The second-order valence-corrected chi connectivity index (χ2v) is 4.94. The van der Waals surface area contributed by atoms with Crippen molar-refractivity contribution in [2.45, 2.75) is 6.92 Å². The van der Waals surface area contributed by atoms with Crippen LogP contribution in [0.15, 0.2) is 42.6 Å². The Balaban J connectivity index is 2.52. The van der Waals surface area contributed by atoms with Crippen molar-refractivity contribution < 1.29 is 19.0 Å². The number of nitrogens with zero attached hydrogens (tertiary/aromatic N) is 1. The van der Waals surface area contributed by atoms with Gasteiger partial charge in [0.05, 0.1) is 11.6 Å². The molecule has 0 saturated carbocycles. The van der Waals surface area contributed by atoms with E-state index in [0.29, 0.717) is 15.9 Å². The van der Waals surface area contributed by atoms with Gasteiger partial charge in [-0.05, 0) is 19.1 Å². The molecule has 0 spiro atoms. The van der Waals surface area contributed by atoms with Gasteiger partial charge in [-0.15, -0.1) is 0 Å². The van der Waals surface area contributed by atoms with E-state index in [0.717, 1.165) is 5.52 Å². The van der Waals surface area contributed by atoms with Gasteiger partial charge in [0.15, 0.2) is 17.5 Å². The summed E-state index contributed by atoms with van der Waals surface area (Å²) in [5.74, 6) is -0.722. The first-order valence-electron chi connectivity index (χ1n) is 6.55. The Morgan fingerprint density at radius 3 is 2.76 bits per heavy atom. The minimum absolute atomic E-state index is 0.123. The number of carbonyl (C=O) groups is 1. The van der Waals surface area contributed by atoms with Crippen LogP contribution >= 0.6 is 11.6 Å². The maximum Gasteiger partial charge on any atom is 0.348 e. The molecule has 106 valence electrons. The summed E-state index contributed by atoms with van der Waals surface area (Å²) < 4.78 is 6.86. The van der Waals surface area contributed by atoms with Crippen LogP contribution in [0.25, 0.3) is 16.4 Å². The van der Waals surface area contributed by atoms with Gasteiger partial charge in [-0.1, -0.05) is 17.7 Å². The number of benzene rings is 1. The highest BCUT2D eigenvalue weighted by Gasteiger charge is 2.27. The number of aromatic hydroxyl groups is 1. The topological polar surface area (TPSA) is 50.6 Å². The van der Waals surface area contributed by atoms with Gasteiger partial charge >= 0.3 is 5.97 Å². The molecule has 3 rings (SSSR count). The van der Waals surface area contributed by atoms with Crippen molar-refractivity contribution in [2.75, 3.05) is 6.61 Å². The molecular weight excluding hydrogens is 290 g/mol. The molecule has 0 atom stereocenters. The third-order valence-electron chi connectivity index (χ3n) is 3.32. The van der Waals surface area contributed by atoms with Crippen LogP contribution in [0, 0.1) is 0 Å². The highest BCUT2D eigenvalue weighted by Crippen LogP contribution is 2.34. The maximum atomic E-state index is 12.2. The number of esters is 1. The van der Waals surface area contributed by atoms with Gasteiger partial charge in [0.2, 0.25) is 11.0 Å². The SMILES string of the molecule is CCOC(=O)c1c(O)c2c(Cl)cccc2[n+]2ccccc12. The predicted molar refractivity (Wildman–Crippen MR) is 79.7 cm³/mol. The zero-order valence-electron chi connectivity index (χ0n) is 11.3. The van der Waals surface area contributed by atoms with E-state index in [1.165, 1.54) is 0 Å². The maximum absolute atomic E-state index is 12.2. The molecule has 3 aromatic rings. The Morgan fingerprint density at radius 2 is 2.00 bits per heavy atom. The summed E-state index contributed by atoms with van der Waals surface area (Å²) in [6.07, 6.45) is 1.82. The van der Waals surface area contributed by atoms with E-state index in [4.69, 9.17) is 16.3 Å². The quantitative estimate of drug-likeness (QED) is 0.449. The first-order valence-corrected chi connectivity index (χ1v) is 6.93. The zero-order valence-corrected chi connectivity index (χ0v) is 12.1. The van der Waals surface area contributed by atoms with Crippen molar-refractivity contribution in [3.05, 3.63) is 53.2 Å². The van der Waals surface area contributed by atoms with Crippen LogP contribution in [-0.4, -0.2) is 17.7 Å². The van der Waals surface area contributed by atoms with Crippen molar-refractivity contribution in [1.82, 2.24) is 0 Å². The number of ether oxygens (including phenoxy) is 1. The second-order valence-electron chi connectivity index (χ2n) is 4.53. The lowest BCUT2D eigenvalue weighted by Crippen LogP contribution is -2.25. The molecular formula is C16H13ClNO3+. The summed E-state index contributed by atoms with van der Waals surface area (Å²) in [5.41, 5.74) is 1.42. The fourth-order valence-corrected chi connectivity index (χ4v) is 2.71. The van der Waals surface area contributed by atoms with Gasteiger partial charge in [0, 0.05) is 18.2 Å². The fourth-order valence-electron chi connectivity index (χ4n) is 2.46. The standard InChI is InChI=1S/C16H12ClNO3/c1-2-21-16(20)14-12-7-3-4-9-18(12)11-8-5-6-10(17)13(11)15(14)19/h3-9H,2H2,1H3/p+1. The molecule has 21 heavy (non-hydrogen) atoms. The van der Waals surface area contributed by atoms with Crippen LogP contribution in [0.2, 0.25) is 5.02 Å². The van der Waals surface area contributed by atoms with E-state index in [9.17, 15) is 9.90 Å². The Kier molecular flexibility index (Phi) is 3.39. The van der Waals surface area contributed by atoms with E-state index in [2.05, 4.69) is 0 Å². The van der Waals surface area contributed by atoms with Gasteiger partial charge in [-0.25, -0.2) is 4.79 Å². The van der Waals surface area contributed by atoms with E-state index < -0.39 is 5.97 Å². The normalized spacial score (nSPS) is 11.0. The van der Waals surface area contributed by atoms with Gasteiger partial charge in [-0.2, -0.15) is 4.40 Å². The number of hydrogen-bond acceptors (Lipinski definition) is 3. The molecule has 0 amide bonds. The lowest BCUT2D eigenvalue weighted by Gasteiger charge is -2.08. The summed E-state index contributed by atoms with van der Waals surface area (Å²) >= 11 is 6.19. The summed E-state index contributed by atoms with van der Waals surface area (Å²) in [5, 5.41) is 11.3. The molecule has 2 heterocycles. The summed E-state index contributed by atoms with van der Waals surface area (Å²) in [6.45, 7) is 1.95. The third-order valence-corrected chi connectivity index (χ3v) is 3.64. The van der Waals surface area contributed by atoms with Crippen molar-refractivity contribution in [3.8, 4) is 5.75 Å². The number of hydrogen-bond donors (Lipinski definition) is 1. The first kappa shape index (κ1) is 13.6. The van der Waals surface area contributed by atoms with Crippen molar-refractivity contribution in [2.24, 2.45) is 0 Å². The number of rotatable bonds is 2. The van der Waals surface area contributed by atoms with Crippen LogP contribution in [0.4, 0.5) is 0 Å². The van der Waals surface area contributed by atoms with E-state index in [-0.39, 0.29) is 17.9 Å². The number of fused-ring (bicyclic) bond motifs is 3. The molecule has 0 unspecified atom stereocenters. The van der Waals surface area contributed by atoms with Crippen molar-refractivity contribution in [3.63, 3.8) is 0 Å². The van der Waals surface area contributed by atoms with Gasteiger partial charge < -0.3 is 9.84 Å². The molecule has 1 aromatic carbocycles.